The fourth-order valence-corrected chi connectivity index (χ4v) is 3.26. The van der Waals surface area contributed by atoms with Crippen molar-refractivity contribution in [1.82, 2.24) is 5.32 Å². The van der Waals surface area contributed by atoms with Crippen molar-refractivity contribution in [3.8, 4) is 0 Å². The highest BCUT2D eigenvalue weighted by molar-refractivity contribution is 5.21. The van der Waals surface area contributed by atoms with Crippen molar-refractivity contribution in [3.05, 3.63) is 35.6 Å². The van der Waals surface area contributed by atoms with Crippen molar-refractivity contribution in [2.75, 3.05) is 6.54 Å². The van der Waals surface area contributed by atoms with Gasteiger partial charge in [-0.3, -0.25) is 0 Å². The molecule has 1 aromatic carbocycles. The molecule has 1 aliphatic carbocycles. The number of nitrogens with one attached hydrogen (secondary N) is 1. The highest BCUT2D eigenvalue weighted by atomic mass is 19.1. The van der Waals surface area contributed by atoms with E-state index in [9.17, 15) is 4.39 Å². The molecule has 3 unspecified atom stereocenters. The maximum Gasteiger partial charge on any atom is 0.123 e. The van der Waals surface area contributed by atoms with Crippen molar-refractivity contribution < 1.29 is 4.39 Å². The van der Waals surface area contributed by atoms with Crippen LogP contribution in [-0.4, -0.2) is 6.54 Å². The molecule has 1 nitrogen and oxygen atoms in total. The molecule has 0 aliphatic heterocycles. The van der Waals surface area contributed by atoms with E-state index in [1.165, 1.54) is 31.7 Å². The van der Waals surface area contributed by atoms with E-state index in [0.29, 0.717) is 12.0 Å². The van der Waals surface area contributed by atoms with Crippen LogP contribution in [0.5, 0.6) is 0 Å². The summed E-state index contributed by atoms with van der Waals surface area (Å²) >= 11 is 0. The van der Waals surface area contributed by atoms with Crippen molar-refractivity contribution in [1.29, 1.82) is 0 Å². The average molecular weight is 249 g/mol. The third-order valence-corrected chi connectivity index (χ3v) is 4.08. The van der Waals surface area contributed by atoms with Gasteiger partial charge in [0.1, 0.15) is 5.82 Å². The molecule has 0 heterocycles. The predicted octanol–water partition coefficient (Wildman–Crippen LogP) is 4.30. The van der Waals surface area contributed by atoms with Crippen LogP contribution in [-0.2, 0) is 0 Å². The summed E-state index contributed by atoms with van der Waals surface area (Å²) in [7, 11) is 0. The lowest BCUT2D eigenvalue weighted by Crippen LogP contribution is -2.31. The Labute approximate surface area is 110 Å². The summed E-state index contributed by atoms with van der Waals surface area (Å²) in [5.41, 5.74) is 1.11. The lowest BCUT2D eigenvalue weighted by atomic mass is 9.76. The molecule has 1 saturated carbocycles. The van der Waals surface area contributed by atoms with Crippen LogP contribution < -0.4 is 5.32 Å². The minimum atomic E-state index is -0.126. The van der Waals surface area contributed by atoms with E-state index in [4.69, 9.17) is 0 Å². The summed E-state index contributed by atoms with van der Waals surface area (Å²) in [6.45, 7) is 5.39. The highest BCUT2D eigenvalue weighted by Gasteiger charge is 2.27. The predicted molar refractivity (Wildman–Crippen MR) is 73.9 cm³/mol. The molecule has 0 saturated heterocycles. The first-order valence-corrected chi connectivity index (χ1v) is 7.19. The Morgan fingerprint density at radius 2 is 2.22 bits per heavy atom. The second-order valence-electron chi connectivity index (χ2n) is 5.62. The molecule has 100 valence electrons. The summed E-state index contributed by atoms with van der Waals surface area (Å²) in [5.74, 6) is 1.33. The molecule has 1 aromatic rings. The first-order valence-electron chi connectivity index (χ1n) is 7.19. The van der Waals surface area contributed by atoms with Crippen LogP contribution in [0.15, 0.2) is 24.3 Å². The quantitative estimate of drug-likeness (QED) is 0.838. The van der Waals surface area contributed by atoms with Crippen LogP contribution in [0.3, 0.4) is 0 Å². The van der Waals surface area contributed by atoms with Crippen molar-refractivity contribution in [2.24, 2.45) is 11.8 Å². The van der Waals surface area contributed by atoms with Gasteiger partial charge in [0.2, 0.25) is 0 Å². The van der Waals surface area contributed by atoms with Gasteiger partial charge in [-0.15, -0.1) is 0 Å². The smallest absolute Gasteiger partial charge is 0.123 e. The van der Waals surface area contributed by atoms with E-state index >= 15 is 0 Å². The lowest BCUT2D eigenvalue weighted by Gasteiger charge is -2.34. The molecule has 2 rings (SSSR count). The summed E-state index contributed by atoms with van der Waals surface area (Å²) in [6.07, 6.45) is 5.17. The fraction of sp³-hybridized carbons (Fsp3) is 0.625. The molecular formula is C16H24FN. The molecule has 0 radical (unpaired) electrons. The maximum absolute atomic E-state index is 13.4. The van der Waals surface area contributed by atoms with E-state index in [1.54, 1.807) is 6.07 Å². The van der Waals surface area contributed by atoms with Crippen molar-refractivity contribution >= 4 is 0 Å². The minimum Gasteiger partial charge on any atom is -0.310 e. The summed E-state index contributed by atoms with van der Waals surface area (Å²) < 4.78 is 13.4. The van der Waals surface area contributed by atoms with Crippen molar-refractivity contribution in [2.45, 2.75) is 45.6 Å². The summed E-state index contributed by atoms with van der Waals surface area (Å²) in [5, 5.41) is 3.55. The zero-order valence-electron chi connectivity index (χ0n) is 11.5. The third-order valence-electron chi connectivity index (χ3n) is 4.08. The molecule has 3 atom stereocenters. The Bertz CT molecular complexity index is 377. The summed E-state index contributed by atoms with van der Waals surface area (Å²) in [4.78, 5) is 0. The van der Waals surface area contributed by atoms with Crippen molar-refractivity contribution in [3.63, 3.8) is 0 Å². The number of hydrogen-bond acceptors (Lipinski definition) is 1. The molecule has 0 aromatic heterocycles. The minimum absolute atomic E-state index is 0.126. The Kier molecular flexibility index (Phi) is 4.76. The SMILES string of the molecule is CCNC(c1cccc(F)c1)C1CCCC(C)C1. The standard InChI is InChI=1S/C16H24FN/c1-3-18-16(13-7-4-6-12(2)10-13)14-8-5-9-15(17)11-14/h5,8-9,11-13,16,18H,3-4,6-7,10H2,1-2H3. The van der Waals surface area contributed by atoms with Gasteiger partial charge in [-0.2, -0.15) is 0 Å². The second-order valence-corrected chi connectivity index (χ2v) is 5.62. The van der Waals surface area contributed by atoms with Crippen LogP contribution in [0.25, 0.3) is 0 Å². The Hall–Kier alpha value is -0.890. The number of benzene rings is 1. The Morgan fingerprint density at radius 3 is 2.89 bits per heavy atom. The number of hydrogen-bond donors (Lipinski definition) is 1. The van der Waals surface area contributed by atoms with E-state index in [0.717, 1.165) is 18.0 Å². The zero-order valence-corrected chi connectivity index (χ0v) is 11.5. The topological polar surface area (TPSA) is 12.0 Å². The van der Waals surface area contributed by atoms with Gasteiger partial charge in [0.15, 0.2) is 0 Å². The van der Waals surface area contributed by atoms with E-state index in [-0.39, 0.29) is 5.82 Å². The van der Waals surface area contributed by atoms with Gasteiger partial charge in [-0.1, -0.05) is 38.8 Å². The molecule has 1 N–H and O–H groups in total. The first kappa shape index (κ1) is 13.5. The Balaban J connectivity index is 2.16. The molecule has 1 aliphatic rings. The average Bonchev–Trinajstić information content (AvgIpc) is 2.36. The molecule has 0 spiro atoms. The third kappa shape index (κ3) is 3.32. The molecule has 0 amide bonds. The van der Waals surface area contributed by atoms with Crippen LogP contribution in [0, 0.1) is 17.7 Å². The second kappa shape index (κ2) is 6.33. The van der Waals surface area contributed by atoms with Crippen LogP contribution in [0.4, 0.5) is 4.39 Å². The molecular weight excluding hydrogens is 225 g/mol. The molecule has 0 bridgehead atoms. The first-order chi connectivity index (χ1) is 8.70. The van der Waals surface area contributed by atoms with Gasteiger partial charge in [-0.25, -0.2) is 4.39 Å². The molecule has 18 heavy (non-hydrogen) atoms. The van der Waals surface area contributed by atoms with Gasteiger partial charge >= 0.3 is 0 Å². The maximum atomic E-state index is 13.4. The van der Waals surface area contributed by atoms with Crippen LogP contribution in [0.1, 0.15) is 51.1 Å². The lowest BCUT2D eigenvalue weighted by molar-refractivity contribution is 0.225. The van der Waals surface area contributed by atoms with E-state index in [2.05, 4.69) is 25.2 Å². The van der Waals surface area contributed by atoms with Crippen LogP contribution in [0.2, 0.25) is 0 Å². The fourth-order valence-electron chi connectivity index (χ4n) is 3.26. The zero-order chi connectivity index (χ0) is 13.0. The van der Waals surface area contributed by atoms with Gasteiger partial charge < -0.3 is 5.32 Å². The van der Waals surface area contributed by atoms with E-state index < -0.39 is 0 Å². The van der Waals surface area contributed by atoms with Crippen LogP contribution >= 0.6 is 0 Å². The van der Waals surface area contributed by atoms with E-state index in [1.807, 2.05) is 6.07 Å². The highest BCUT2D eigenvalue weighted by Crippen LogP contribution is 2.37. The molecule has 2 heteroatoms. The van der Waals surface area contributed by atoms with Gasteiger partial charge in [0, 0.05) is 6.04 Å². The van der Waals surface area contributed by atoms with Gasteiger partial charge in [0.25, 0.3) is 0 Å². The van der Waals surface area contributed by atoms with Gasteiger partial charge in [0.05, 0.1) is 0 Å². The number of rotatable bonds is 4. The normalized spacial score (nSPS) is 25.9. The molecule has 1 fully saturated rings. The van der Waals surface area contributed by atoms with Gasteiger partial charge in [-0.05, 0) is 48.9 Å². The summed E-state index contributed by atoms with van der Waals surface area (Å²) in [6, 6.07) is 7.40. The monoisotopic (exact) mass is 249 g/mol. The largest absolute Gasteiger partial charge is 0.310 e. The Morgan fingerprint density at radius 1 is 1.39 bits per heavy atom. The number of halogens is 1.